The van der Waals surface area contributed by atoms with Crippen LogP contribution in [0.1, 0.15) is 52.9 Å². The van der Waals surface area contributed by atoms with Gasteiger partial charge in [-0.2, -0.15) is 11.8 Å². The molecule has 0 bridgehead atoms. The Morgan fingerprint density at radius 3 is 2.38 bits per heavy atom. The van der Waals surface area contributed by atoms with Gasteiger partial charge in [-0.05, 0) is 30.3 Å². The van der Waals surface area contributed by atoms with E-state index in [1.165, 1.54) is 45.1 Å². The van der Waals surface area contributed by atoms with Gasteiger partial charge in [-0.3, -0.25) is 0 Å². The molecule has 96 valence electrons. The smallest absolute Gasteiger partial charge is 0.122 e. The Labute approximate surface area is 109 Å². The molecule has 0 heterocycles. The molecule has 0 N–H and O–H groups in total. The normalized spacial score (nSPS) is 16.8. The van der Waals surface area contributed by atoms with E-state index in [1.807, 2.05) is 11.8 Å². The van der Waals surface area contributed by atoms with Crippen LogP contribution in [-0.4, -0.2) is 19.3 Å². The van der Waals surface area contributed by atoms with Crippen molar-refractivity contribution in [3.63, 3.8) is 0 Å². The van der Waals surface area contributed by atoms with E-state index in [-0.39, 0.29) is 0 Å². The molecule has 16 heavy (non-hydrogen) atoms. The molecule has 0 amide bonds. The molecule has 0 saturated heterocycles. The largest absolute Gasteiger partial charge is 0.166 e. The van der Waals surface area contributed by atoms with Crippen LogP contribution in [0.4, 0.5) is 0 Å². The Morgan fingerprint density at radius 2 is 1.94 bits per heavy atom. The molecule has 0 saturated carbocycles. The molecular weight excluding hydrogens is 211 g/mol. The lowest BCUT2D eigenvalue weighted by molar-refractivity contribution is 0.347. The molecule has 0 aliphatic rings. The van der Waals surface area contributed by atoms with Crippen molar-refractivity contribution in [2.45, 2.75) is 65.5 Å². The lowest BCUT2D eigenvalue weighted by Gasteiger charge is -2.28. The van der Waals surface area contributed by atoms with Gasteiger partial charge >= 0.3 is 0 Å². The Balaban J connectivity index is 4.24. The summed E-state index contributed by atoms with van der Waals surface area (Å²) in [4.78, 5) is 0. The summed E-state index contributed by atoms with van der Waals surface area (Å²) in [5.74, 6) is 4.21. The fourth-order valence-corrected chi connectivity index (χ4v) is 3.43. The number of thioether (sulfide) groups is 1. The van der Waals surface area contributed by atoms with Gasteiger partial charge < -0.3 is 0 Å². The topological polar surface area (TPSA) is 0 Å². The highest BCUT2D eigenvalue weighted by molar-refractivity contribution is 7.98. The second-order valence-electron chi connectivity index (χ2n) is 5.28. The number of unbranched alkanes of at least 4 members (excludes halogenated alkanes) is 1. The van der Waals surface area contributed by atoms with Gasteiger partial charge in [-0.15, -0.1) is 0 Å². The first-order valence-electron chi connectivity index (χ1n) is 7.18. The fraction of sp³-hybridized carbons (Fsp3) is 1.00. The second kappa shape index (κ2) is 10.6. The highest BCUT2D eigenvalue weighted by atomic mass is 32.2. The maximum absolute atomic E-state index is 2.42. The number of rotatable bonds is 10. The van der Waals surface area contributed by atoms with E-state index in [4.69, 9.17) is 0 Å². The zero-order valence-electron chi connectivity index (χ0n) is 12.1. The lowest BCUT2D eigenvalue weighted by Crippen LogP contribution is -2.18. The van der Waals surface area contributed by atoms with Crippen LogP contribution >= 0.6 is 11.8 Å². The van der Waals surface area contributed by atoms with Gasteiger partial charge in [0, 0.05) is 0 Å². The van der Waals surface area contributed by atoms with Gasteiger partial charge in [0.2, 0.25) is 0 Å². The summed E-state index contributed by atoms with van der Waals surface area (Å²) in [5, 5.41) is 0. The van der Waals surface area contributed by atoms with Crippen molar-refractivity contribution in [3.05, 3.63) is 0 Å². The molecule has 0 aromatic rings. The van der Waals surface area contributed by atoms with Crippen LogP contribution in [-0.2, 0) is 0 Å². The van der Waals surface area contributed by atoms with Gasteiger partial charge in [-0.1, -0.05) is 59.1 Å². The van der Waals surface area contributed by atoms with Crippen LogP contribution in [0.5, 0.6) is 0 Å². The molecule has 3 unspecified atom stereocenters. The molecule has 0 rings (SSSR count). The zero-order valence-corrected chi connectivity index (χ0v) is 12.9. The Hall–Kier alpha value is 0.415. The number of hydrogen-bond donors (Lipinski definition) is 0. The molecule has 0 aromatic heterocycles. The molecular formula is C14H31BS. The maximum Gasteiger partial charge on any atom is 0.122 e. The summed E-state index contributed by atoms with van der Waals surface area (Å²) in [6.45, 7) is 9.44. The predicted octanol–water partition coefficient (Wildman–Crippen LogP) is 4.87. The van der Waals surface area contributed by atoms with Crippen molar-refractivity contribution in [3.8, 4) is 0 Å². The Bertz CT molecular complexity index is 150. The highest BCUT2D eigenvalue weighted by Crippen LogP contribution is 2.32. The average Bonchev–Trinajstić information content (AvgIpc) is 2.31. The van der Waals surface area contributed by atoms with Crippen LogP contribution < -0.4 is 0 Å². The highest BCUT2D eigenvalue weighted by Gasteiger charge is 2.21. The van der Waals surface area contributed by atoms with Gasteiger partial charge in [0.05, 0.1) is 0 Å². The van der Waals surface area contributed by atoms with Gasteiger partial charge in [0.1, 0.15) is 7.28 Å². The minimum atomic E-state index is 0.915. The quantitative estimate of drug-likeness (QED) is 0.493. The van der Waals surface area contributed by atoms with Crippen LogP contribution in [0, 0.1) is 11.8 Å². The monoisotopic (exact) mass is 242 g/mol. The minimum Gasteiger partial charge on any atom is -0.166 e. The van der Waals surface area contributed by atoms with Crippen molar-refractivity contribution in [1.29, 1.82) is 0 Å². The van der Waals surface area contributed by atoms with E-state index < -0.39 is 0 Å². The van der Waals surface area contributed by atoms with E-state index in [1.54, 1.807) is 0 Å². The molecule has 0 aromatic carbocycles. The number of hydrogen-bond acceptors (Lipinski definition) is 1. The fourth-order valence-electron chi connectivity index (χ4n) is 2.50. The molecule has 2 heteroatoms. The summed E-state index contributed by atoms with van der Waals surface area (Å²) in [6.07, 6.45) is 9.29. The van der Waals surface area contributed by atoms with E-state index >= 15 is 0 Å². The van der Waals surface area contributed by atoms with Crippen molar-refractivity contribution in [2.24, 2.45) is 11.8 Å². The summed E-state index contributed by atoms with van der Waals surface area (Å²) in [6, 6.07) is 0. The Morgan fingerprint density at radius 1 is 1.25 bits per heavy atom. The van der Waals surface area contributed by atoms with E-state index in [2.05, 4.69) is 33.9 Å². The molecule has 0 aliphatic carbocycles. The van der Waals surface area contributed by atoms with Crippen LogP contribution in [0.25, 0.3) is 0 Å². The van der Waals surface area contributed by atoms with Gasteiger partial charge in [0.15, 0.2) is 0 Å². The third kappa shape index (κ3) is 6.88. The maximum atomic E-state index is 2.42. The first-order chi connectivity index (χ1) is 7.69. The summed E-state index contributed by atoms with van der Waals surface area (Å²) >= 11 is 2.03. The molecule has 3 atom stereocenters. The summed E-state index contributed by atoms with van der Waals surface area (Å²) in [5.41, 5.74) is 0. The van der Waals surface area contributed by atoms with E-state index in [0.717, 1.165) is 17.7 Å². The van der Waals surface area contributed by atoms with Crippen LogP contribution in [0.3, 0.4) is 0 Å². The van der Waals surface area contributed by atoms with Crippen molar-refractivity contribution < 1.29 is 0 Å². The molecule has 0 aliphatic heterocycles. The SMILES string of the molecule is CBC(CSC)C(CCCC)CC(C)CC. The molecule has 0 spiro atoms. The van der Waals surface area contributed by atoms with Crippen molar-refractivity contribution in [1.82, 2.24) is 0 Å². The summed E-state index contributed by atoms with van der Waals surface area (Å²) in [7, 11) is 1.37. The second-order valence-corrected chi connectivity index (χ2v) is 6.19. The lowest BCUT2D eigenvalue weighted by atomic mass is 9.59. The molecule has 0 radical (unpaired) electrons. The van der Waals surface area contributed by atoms with Crippen LogP contribution in [0.15, 0.2) is 0 Å². The first-order valence-corrected chi connectivity index (χ1v) is 8.57. The standard InChI is InChI=1S/C14H31BS/c1-6-8-9-13(10-12(3)7-2)14(15-4)11-16-5/h12-15H,6-11H2,1-5H3. The third-order valence-corrected chi connectivity index (χ3v) is 4.66. The Kier molecular flexibility index (Phi) is 10.8. The van der Waals surface area contributed by atoms with Gasteiger partial charge in [0.25, 0.3) is 0 Å². The zero-order chi connectivity index (χ0) is 12.4. The minimum absolute atomic E-state index is 0.915. The van der Waals surface area contributed by atoms with Crippen LogP contribution in [0.2, 0.25) is 12.6 Å². The molecule has 0 fully saturated rings. The third-order valence-electron chi connectivity index (χ3n) is 3.90. The first kappa shape index (κ1) is 16.4. The van der Waals surface area contributed by atoms with Gasteiger partial charge in [-0.25, -0.2) is 0 Å². The molecule has 0 nitrogen and oxygen atoms in total. The van der Waals surface area contributed by atoms with E-state index in [0.29, 0.717) is 0 Å². The van der Waals surface area contributed by atoms with Crippen molar-refractivity contribution in [2.75, 3.05) is 12.0 Å². The van der Waals surface area contributed by atoms with E-state index in [9.17, 15) is 0 Å². The summed E-state index contributed by atoms with van der Waals surface area (Å²) < 4.78 is 0. The van der Waals surface area contributed by atoms with Crippen molar-refractivity contribution >= 4 is 19.0 Å². The average molecular weight is 242 g/mol. The predicted molar refractivity (Wildman–Crippen MR) is 82.2 cm³/mol.